The van der Waals surface area contributed by atoms with Gasteiger partial charge in [0.1, 0.15) is 11.1 Å². The second kappa shape index (κ2) is 6.08. The molecule has 0 saturated carbocycles. The first-order valence-corrected chi connectivity index (χ1v) is 7.49. The Bertz CT molecular complexity index is 908. The summed E-state index contributed by atoms with van der Waals surface area (Å²) in [6.45, 7) is 4.21. The second-order valence-corrected chi connectivity index (χ2v) is 5.72. The number of benzene rings is 2. The molecule has 4 heteroatoms. The van der Waals surface area contributed by atoms with Crippen LogP contribution in [0.4, 0.5) is 5.69 Å². The van der Waals surface area contributed by atoms with Crippen molar-refractivity contribution in [1.29, 1.82) is 0 Å². The monoisotopic (exact) mass is 307 g/mol. The van der Waals surface area contributed by atoms with E-state index in [9.17, 15) is 9.59 Å². The van der Waals surface area contributed by atoms with Crippen LogP contribution in [0.1, 0.15) is 35.7 Å². The van der Waals surface area contributed by atoms with Crippen molar-refractivity contribution < 1.29 is 9.21 Å². The number of nitrogens with one attached hydrogen (secondary N) is 1. The first kappa shape index (κ1) is 15.0. The van der Waals surface area contributed by atoms with Gasteiger partial charge in [-0.3, -0.25) is 4.79 Å². The van der Waals surface area contributed by atoms with Gasteiger partial charge < -0.3 is 9.73 Å². The van der Waals surface area contributed by atoms with Crippen LogP contribution in [0, 0.1) is 0 Å². The van der Waals surface area contributed by atoms with E-state index in [1.54, 1.807) is 24.3 Å². The van der Waals surface area contributed by atoms with Crippen LogP contribution in [0.2, 0.25) is 0 Å². The van der Waals surface area contributed by atoms with Crippen LogP contribution in [0.15, 0.2) is 63.8 Å². The van der Waals surface area contributed by atoms with Crippen LogP contribution in [0.25, 0.3) is 11.0 Å². The number of para-hydroxylation sites is 1. The highest BCUT2D eigenvalue weighted by molar-refractivity contribution is 6.05. The Balaban J connectivity index is 1.88. The molecule has 0 fully saturated rings. The predicted molar refractivity (Wildman–Crippen MR) is 91.0 cm³/mol. The number of hydrogen-bond donors (Lipinski definition) is 1. The predicted octanol–water partition coefficient (Wildman–Crippen LogP) is 4.17. The van der Waals surface area contributed by atoms with Crippen molar-refractivity contribution in [1.82, 2.24) is 0 Å². The number of hydrogen-bond acceptors (Lipinski definition) is 3. The molecule has 0 aliphatic carbocycles. The second-order valence-electron chi connectivity index (χ2n) is 5.72. The summed E-state index contributed by atoms with van der Waals surface area (Å²) in [4.78, 5) is 24.3. The fourth-order valence-corrected chi connectivity index (χ4v) is 2.37. The van der Waals surface area contributed by atoms with Crippen molar-refractivity contribution >= 4 is 22.6 Å². The van der Waals surface area contributed by atoms with Gasteiger partial charge in [0.05, 0.1) is 0 Å². The summed E-state index contributed by atoms with van der Waals surface area (Å²) < 4.78 is 5.19. The molecule has 3 rings (SSSR count). The summed E-state index contributed by atoms with van der Waals surface area (Å²) >= 11 is 0. The van der Waals surface area contributed by atoms with E-state index in [0.717, 1.165) is 0 Å². The van der Waals surface area contributed by atoms with Gasteiger partial charge in [-0.2, -0.15) is 0 Å². The fraction of sp³-hybridized carbons (Fsp3) is 0.158. The lowest BCUT2D eigenvalue weighted by molar-refractivity contribution is 0.102. The normalized spacial score (nSPS) is 10.9. The van der Waals surface area contributed by atoms with E-state index in [0.29, 0.717) is 22.6 Å². The SMILES string of the molecule is CC(C)c1ccc(NC(=O)c2cc3ccccc3oc2=O)cc1. The molecule has 2 aromatic carbocycles. The highest BCUT2D eigenvalue weighted by Crippen LogP contribution is 2.18. The van der Waals surface area contributed by atoms with Gasteiger partial charge in [-0.15, -0.1) is 0 Å². The Morgan fingerprint density at radius 1 is 1.04 bits per heavy atom. The fourth-order valence-electron chi connectivity index (χ4n) is 2.37. The third-order valence-corrected chi connectivity index (χ3v) is 3.72. The first-order valence-electron chi connectivity index (χ1n) is 7.49. The number of carbonyl (C=O) groups excluding carboxylic acids is 1. The number of fused-ring (bicyclic) bond motifs is 1. The maximum absolute atomic E-state index is 12.3. The highest BCUT2D eigenvalue weighted by atomic mass is 16.4. The molecule has 0 spiro atoms. The lowest BCUT2D eigenvalue weighted by Gasteiger charge is -2.08. The van der Waals surface area contributed by atoms with Crippen molar-refractivity contribution in [2.24, 2.45) is 0 Å². The smallest absolute Gasteiger partial charge is 0.349 e. The molecule has 23 heavy (non-hydrogen) atoms. The highest BCUT2D eigenvalue weighted by Gasteiger charge is 2.14. The number of rotatable bonds is 3. The quantitative estimate of drug-likeness (QED) is 0.739. The molecule has 0 aliphatic rings. The minimum atomic E-state index is -0.639. The third kappa shape index (κ3) is 3.16. The van der Waals surface area contributed by atoms with Gasteiger partial charge in [-0.05, 0) is 35.7 Å². The summed E-state index contributed by atoms with van der Waals surface area (Å²) in [6, 6.07) is 16.2. The molecule has 0 radical (unpaired) electrons. The molecule has 0 saturated heterocycles. The van der Waals surface area contributed by atoms with Gasteiger partial charge in [0.25, 0.3) is 5.91 Å². The maximum atomic E-state index is 12.3. The average molecular weight is 307 g/mol. The van der Waals surface area contributed by atoms with Gasteiger partial charge >= 0.3 is 5.63 Å². The van der Waals surface area contributed by atoms with Gasteiger partial charge in [0.15, 0.2) is 0 Å². The van der Waals surface area contributed by atoms with E-state index in [4.69, 9.17) is 4.42 Å². The van der Waals surface area contributed by atoms with E-state index in [1.807, 2.05) is 30.3 Å². The molecular formula is C19H17NO3. The summed E-state index contributed by atoms with van der Waals surface area (Å²) in [7, 11) is 0. The Labute approximate surface area is 133 Å². The van der Waals surface area contributed by atoms with E-state index in [1.165, 1.54) is 5.56 Å². The number of amides is 1. The molecule has 1 N–H and O–H groups in total. The number of anilines is 1. The molecule has 116 valence electrons. The van der Waals surface area contributed by atoms with Gasteiger partial charge in [-0.1, -0.05) is 44.2 Å². The maximum Gasteiger partial charge on any atom is 0.349 e. The van der Waals surface area contributed by atoms with Crippen molar-refractivity contribution in [3.63, 3.8) is 0 Å². The largest absolute Gasteiger partial charge is 0.422 e. The zero-order chi connectivity index (χ0) is 16.4. The molecule has 3 aromatic rings. The molecule has 4 nitrogen and oxygen atoms in total. The van der Waals surface area contributed by atoms with Crippen LogP contribution < -0.4 is 10.9 Å². The van der Waals surface area contributed by atoms with E-state index in [2.05, 4.69) is 19.2 Å². The number of carbonyl (C=O) groups is 1. The Morgan fingerprint density at radius 3 is 2.43 bits per heavy atom. The van der Waals surface area contributed by atoms with Crippen molar-refractivity contribution in [3.05, 3.63) is 76.1 Å². The van der Waals surface area contributed by atoms with Gasteiger partial charge in [0.2, 0.25) is 0 Å². The Kier molecular flexibility index (Phi) is 3.98. The first-order chi connectivity index (χ1) is 11.0. The summed E-state index contributed by atoms with van der Waals surface area (Å²) in [5.74, 6) is -0.0471. The molecule has 0 bridgehead atoms. The Hall–Kier alpha value is -2.88. The topological polar surface area (TPSA) is 59.3 Å². The third-order valence-electron chi connectivity index (χ3n) is 3.72. The van der Waals surface area contributed by atoms with Crippen LogP contribution in [-0.2, 0) is 0 Å². The van der Waals surface area contributed by atoms with E-state index in [-0.39, 0.29) is 5.56 Å². The van der Waals surface area contributed by atoms with Crippen LogP contribution in [-0.4, -0.2) is 5.91 Å². The zero-order valence-corrected chi connectivity index (χ0v) is 13.0. The van der Waals surface area contributed by atoms with E-state index >= 15 is 0 Å². The summed E-state index contributed by atoms with van der Waals surface area (Å²) in [5.41, 5.74) is 1.66. The molecule has 0 atom stereocenters. The standard InChI is InChI=1S/C19H17NO3/c1-12(2)13-7-9-15(10-8-13)20-18(21)16-11-14-5-3-4-6-17(14)23-19(16)22/h3-12H,1-2H3,(H,20,21). The molecular weight excluding hydrogens is 290 g/mol. The molecule has 1 amide bonds. The molecule has 0 unspecified atom stereocenters. The van der Waals surface area contributed by atoms with Crippen molar-refractivity contribution in [3.8, 4) is 0 Å². The minimum Gasteiger partial charge on any atom is -0.422 e. The molecule has 1 heterocycles. The average Bonchev–Trinajstić information content (AvgIpc) is 2.54. The zero-order valence-electron chi connectivity index (χ0n) is 13.0. The molecule has 0 aliphatic heterocycles. The van der Waals surface area contributed by atoms with Gasteiger partial charge in [0, 0.05) is 11.1 Å². The lowest BCUT2D eigenvalue weighted by atomic mass is 10.0. The van der Waals surface area contributed by atoms with Crippen molar-refractivity contribution in [2.75, 3.05) is 5.32 Å². The lowest BCUT2D eigenvalue weighted by Crippen LogP contribution is -2.20. The van der Waals surface area contributed by atoms with Crippen LogP contribution in [0.5, 0.6) is 0 Å². The summed E-state index contributed by atoms with van der Waals surface area (Å²) in [5, 5.41) is 3.45. The Morgan fingerprint density at radius 2 is 1.74 bits per heavy atom. The minimum absolute atomic E-state index is 0.00311. The molecule has 1 aromatic heterocycles. The van der Waals surface area contributed by atoms with Crippen LogP contribution >= 0.6 is 0 Å². The van der Waals surface area contributed by atoms with E-state index < -0.39 is 11.5 Å². The van der Waals surface area contributed by atoms with Crippen molar-refractivity contribution in [2.45, 2.75) is 19.8 Å². The van der Waals surface area contributed by atoms with Crippen LogP contribution in [0.3, 0.4) is 0 Å². The van der Waals surface area contributed by atoms with Gasteiger partial charge in [-0.25, -0.2) is 4.79 Å². The summed E-state index contributed by atoms with van der Waals surface area (Å²) in [6.07, 6.45) is 0.